The Labute approximate surface area is 163 Å². The van der Waals surface area contributed by atoms with Gasteiger partial charge in [0.05, 0.1) is 12.1 Å². The Kier molecular flexibility index (Phi) is 4.77. The van der Waals surface area contributed by atoms with Crippen LogP contribution in [0.3, 0.4) is 0 Å². The zero-order valence-corrected chi connectivity index (χ0v) is 16.1. The number of aromatic nitrogens is 3. The third-order valence-electron chi connectivity index (χ3n) is 5.67. The van der Waals surface area contributed by atoms with Crippen molar-refractivity contribution in [3.05, 3.63) is 59.9 Å². The Hall–Kier alpha value is -2.93. The molecule has 0 aliphatic carbocycles. The van der Waals surface area contributed by atoms with E-state index in [1.165, 1.54) is 0 Å². The number of nitrogens with zero attached hydrogens (tertiary/aromatic N) is 4. The van der Waals surface area contributed by atoms with Crippen LogP contribution in [0.15, 0.2) is 47.1 Å². The first kappa shape index (κ1) is 18.4. The second-order valence-corrected chi connectivity index (χ2v) is 7.72. The lowest BCUT2D eigenvalue weighted by atomic mass is 9.79. The van der Waals surface area contributed by atoms with Crippen LogP contribution in [0.1, 0.15) is 41.7 Å². The van der Waals surface area contributed by atoms with E-state index in [4.69, 9.17) is 4.42 Å². The van der Waals surface area contributed by atoms with Crippen LogP contribution in [0, 0.1) is 0 Å². The van der Waals surface area contributed by atoms with Crippen molar-refractivity contribution in [1.82, 2.24) is 19.7 Å². The normalized spacial score (nSPS) is 16.9. The molecule has 0 amide bonds. The van der Waals surface area contributed by atoms with Crippen molar-refractivity contribution in [2.45, 2.75) is 31.7 Å². The van der Waals surface area contributed by atoms with Crippen molar-refractivity contribution in [2.24, 2.45) is 7.05 Å². The quantitative estimate of drug-likeness (QED) is 0.731. The van der Waals surface area contributed by atoms with Gasteiger partial charge in [0.15, 0.2) is 0 Å². The molecule has 1 aromatic carbocycles. The van der Waals surface area contributed by atoms with Crippen molar-refractivity contribution in [3.8, 4) is 11.3 Å². The van der Waals surface area contributed by atoms with E-state index in [1.807, 2.05) is 29.8 Å². The lowest BCUT2D eigenvalue weighted by molar-refractivity contribution is 0.0697. The number of carboxylic acid groups (broad SMARTS) is 1. The molecule has 1 fully saturated rings. The van der Waals surface area contributed by atoms with Crippen LogP contribution in [0.25, 0.3) is 11.3 Å². The van der Waals surface area contributed by atoms with Gasteiger partial charge in [-0.15, -0.1) is 10.2 Å². The first-order chi connectivity index (χ1) is 13.5. The average Bonchev–Trinajstić information content (AvgIpc) is 3.33. The van der Waals surface area contributed by atoms with Gasteiger partial charge in [0.2, 0.25) is 0 Å². The molecule has 0 unspecified atom stereocenters. The summed E-state index contributed by atoms with van der Waals surface area (Å²) in [6.07, 6.45) is 3.77. The summed E-state index contributed by atoms with van der Waals surface area (Å²) >= 11 is 0. The highest BCUT2D eigenvalue weighted by Gasteiger charge is 2.35. The molecular formula is C21H24N4O3. The number of aryl methyl sites for hydroxylation is 1. The van der Waals surface area contributed by atoms with Crippen molar-refractivity contribution in [3.63, 3.8) is 0 Å². The Bertz CT molecular complexity index is 983. The molecule has 0 bridgehead atoms. The SMILES string of the molecule is Cn1cnnc1C1(C)CCN(Cc2ccc(-c3ccccc3C(=O)O)o2)CC1. The summed E-state index contributed by atoms with van der Waals surface area (Å²) in [5.74, 6) is 1.52. The second-order valence-electron chi connectivity index (χ2n) is 7.72. The van der Waals surface area contributed by atoms with Gasteiger partial charge in [-0.1, -0.05) is 25.1 Å². The van der Waals surface area contributed by atoms with Gasteiger partial charge in [0, 0.05) is 18.0 Å². The molecule has 7 nitrogen and oxygen atoms in total. The van der Waals surface area contributed by atoms with Crippen molar-refractivity contribution in [2.75, 3.05) is 13.1 Å². The molecular weight excluding hydrogens is 356 g/mol. The fourth-order valence-corrected chi connectivity index (χ4v) is 3.97. The minimum Gasteiger partial charge on any atom is -0.478 e. The van der Waals surface area contributed by atoms with Crippen LogP contribution >= 0.6 is 0 Å². The molecule has 1 aliphatic rings. The molecule has 0 atom stereocenters. The maximum atomic E-state index is 11.4. The number of hydrogen-bond donors (Lipinski definition) is 1. The van der Waals surface area contributed by atoms with Gasteiger partial charge < -0.3 is 14.1 Å². The standard InChI is InChI=1S/C21H24N4O3/c1-21(20-23-22-14-24(20)2)9-11-25(12-10-21)13-15-7-8-18(28-15)16-5-3-4-6-17(16)19(26)27/h3-8,14H,9-13H2,1-2H3,(H,26,27). The Morgan fingerprint density at radius 2 is 1.96 bits per heavy atom. The summed E-state index contributed by atoms with van der Waals surface area (Å²) < 4.78 is 7.98. The molecule has 1 saturated heterocycles. The van der Waals surface area contributed by atoms with Crippen LogP contribution in [-0.4, -0.2) is 43.8 Å². The number of carboxylic acids is 1. The van der Waals surface area contributed by atoms with E-state index in [1.54, 1.807) is 24.5 Å². The summed E-state index contributed by atoms with van der Waals surface area (Å²) in [6.45, 7) is 4.86. The number of rotatable bonds is 5. The highest BCUT2D eigenvalue weighted by Crippen LogP contribution is 2.34. The summed E-state index contributed by atoms with van der Waals surface area (Å²) in [5, 5.41) is 17.7. The number of piperidine rings is 1. The molecule has 3 aromatic rings. The van der Waals surface area contributed by atoms with E-state index >= 15 is 0 Å². The van der Waals surface area contributed by atoms with Gasteiger partial charge in [0.1, 0.15) is 23.7 Å². The molecule has 4 rings (SSSR count). The fraction of sp³-hybridized carbons (Fsp3) is 0.381. The molecule has 146 valence electrons. The lowest BCUT2D eigenvalue weighted by Crippen LogP contribution is -2.41. The van der Waals surface area contributed by atoms with Crippen LogP contribution in [0.5, 0.6) is 0 Å². The second kappa shape index (κ2) is 7.24. The summed E-state index contributed by atoms with van der Waals surface area (Å²) in [7, 11) is 1.99. The highest BCUT2D eigenvalue weighted by molar-refractivity contribution is 5.95. The first-order valence-corrected chi connectivity index (χ1v) is 9.44. The number of furan rings is 1. The Morgan fingerprint density at radius 3 is 2.64 bits per heavy atom. The Balaban J connectivity index is 1.44. The monoisotopic (exact) mass is 380 g/mol. The largest absolute Gasteiger partial charge is 0.478 e. The van der Waals surface area contributed by atoms with E-state index in [-0.39, 0.29) is 11.0 Å². The van der Waals surface area contributed by atoms with E-state index in [0.29, 0.717) is 17.9 Å². The smallest absolute Gasteiger partial charge is 0.336 e. The third kappa shape index (κ3) is 3.45. The van der Waals surface area contributed by atoms with Gasteiger partial charge in [-0.25, -0.2) is 4.79 Å². The number of carbonyl (C=O) groups is 1. The average molecular weight is 380 g/mol. The highest BCUT2D eigenvalue weighted by atomic mass is 16.4. The predicted molar refractivity (Wildman–Crippen MR) is 104 cm³/mol. The summed E-state index contributed by atoms with van der Waals surface area (Å²) in [4.78, 5) is 13.8. The van der Waals surface area contributed by atoms with Crippen LogP contribution in [0.2, 0.25) is 0 Å². The maximum Gasteiger partial charge on any atom is 0.336 e. The predicted octanol–water partition coefficient (Wildman–Crippen LogP) is 3.33. The van der Waals surface area contributed by atoms with Gasteiger partial charge in [-0.3, -0.25) is 4.90 Å². The molecule has 1 aliphatic heterocycles. The van der Waals surface area contributed by atoms with Gasteiger partial charge in [0.25, 0.3) is 0 Å². The van der Waals surface area contributed by atoms with E-state index in [2.05, 4.69) is 22.0 Å². The van der Waals surface area contributed by atoms with Gasteiger partial charge >= 0.3 is 5.97 Å². The van der Waals surface area contributed by atoms with E-state index < -0.39 is 5.97 Å². The molecule has 0 saturated carbocycles. The van der Waals surface area contributed by atoms with Crippen molar-refractivity contribution >= 4 is 5.97 Å². The molecule has 28 heavy (non-hydrogen) atoms. The molecule has 2 aromatic heterocycles. The maximum absolute atomic E-state index is 11.4. The van der Waals surface area contributed by atoms with Gasteiger partial charge in [-0.2, -0.15) is 0 Å². The van der Waals surface area contributed by atoms with Crippen LogP contribution in [-0.2, 0) is 19.0 Å². The van der Waals surface area contributed by atoms with Crippen LogP contribution < -0.4 is 0 Å². The number of aromatic carboxylic acids is 1. The molecule has 3 heterocycles. The fourth-order valence-electron chi connectivity index (χ4n) is 3.97. The molecule has 0 radical (unpaired) electrons. The number of benzene rings is 1. The Morgan fingerprint density at radius 1 is 1.21 bits per heavy atom. The minimum absolute atomic E-state index is 0.0382. The number of likely N-dealkylation sites (tertiary alicyclic amines) is 1. The van der Waals surface area contributed by atoms with Crippen molar-refractivity contribution < 1.29 is 14.3 Å². The summed E-state index contributed by atoms with van der Waals surface area (Å²) in [5.41, 5.74) is 0.895. The van der Waals surface area contributed by atoms with Gasteiger partial charge in [-0.05, 0) is 44.1 Å². The first-order valence-electron chi connectivity index (χ1n) is 9.44. The molecule has 7 heteroatoms. The zero-order valence-electron chi connectivity index (χ0n) is 16.1. The minimum atomic E-state index is -0.951. The topological polar surface area (TPSA) is 84.4 Å². The molecule has 0 spiro atoms. The van der Waals surface area contributed by atoms with Crippen molar-refractivity contribution in [1.29, 1.82) is 0 Å². The van der Waals surface area contributed by atoms with E-state index in [0.717, 1.165) is 37.5 Å². The van der Waals surface area contributed by atoms with Crippen LogP contribution in [0.4, 0.5) is 0 Å². The summed E-state index contributed by atoms with van der Waals surface area (Å²) in [6, 6.07) is 10.7. The van der Waals surface area contributed by atoms with E-state index in [9.17, 15) is 9.90 Å². The molecule has 1 N–H and O–H groups in total. The number of hydrogen-bond acceptors (Lipinski definition) is 5. The lowest BCUT2D eigenvalue weighted by Gasteiger charge is -2.38. The zero-order chi connectivity index (χ0) is 19.7. The third-order valence-corrected chi connectivity index (χ3v) is 5.67.